The molecule has 2 nitrogen and oxygen atoms in total. The molecule has 16 heavy (non-hydrogen) atoms. The molecule has 0 saturated heterocycles. The average Bonchev–Trinajstić information content (AvgIpc) is 2.28. The number of nitrogens with zero attached hydrogens (tertiary/aromatic N) is 2. The van der Waals surface area contributed by atoms with Crippen LogP contribution in [0.25, 0.3) is 0 Å². The zero-order valence-electron chi connectivity index (χ0n) is 10.7. The van der Waals surface area contributed by atoms with Crippen LogP contribution in [0.3, 0.4) is 0 Å². The fourth-order valence-corrected chi connectivity index (χ4v) is 2.54. The molecule has 2 heteroatoms. The smallest absolute Gasteiger partial charge is 0.0488 e. The van der Waals surface area contributed by atoms with E-state index in [9.17, 15) is 0 Å². The zero-order valence-corrected chi connectivity index (χ0v) is 10.7. The van der Waals surface area contributed by atoms with Crippen LogP contribution < -0.4 is 0 Å². The first-order valence-corrected chi connectivity index (χ1v) is 6.84. The van der Waals surface area contributed by atoms with Crippen LogP contribution in [0.15, 0.2) is 16.9 Å². The van der Waals surface area contributed by atoms with Gasteiger partial charge in [-0.15, -0.1) is 0 Å². The summed E-state index contributed by atoms with van der Waals surface area (Å²) < 4.78 is 0. The van der Waals surface area contributed by atoms with Crippen molar-refractivity contribution >= 4 is 6.21 Å². The predicted molar refractivity (Wildman–Crippen MR) is 69.4 cm³/mol. The molecule has 0 radical (unpaired) electrons. The van der Waals surface area contributed by atoms with E-state index in [2.05, 4.69) is 36.4 Å². The molecular weight excluding hydrogens is 196 g/mol. The summed E-state index contributed by atoms with van der Waals surface area (Å²) in [6.45, 7) is 4.47. The van der Waals surface area contributed by atoms with Crippen molar-refractivity contribution in [2.45, 2.75) is 64.8 Å². The number of allylic oxidation sites excluding steroid dienone is 1. The number of hydrazone groups is 1. The van der Waals surface area contributed by atoms with Gasteiger partial charge in [0, 0.05) is 24.4 Å². The molecule has 0 spiro atoms. The molecule has 1 aliphatic heterocycles. The Morgan fingerprint density at radius 3 is 3.00 bits per heavy atom. The van der Waals surface area contributed by atoms with E-state index in [0.29, 0.717) is 12.0 Å². The van der Waals surface area contributed by atoms with Gasteiger partial charge in [0.2, 0.25) is 0 Å². The first-order chi connectivity index (χ1) is 7.81. The summed E-state index contributed by atoms with van der Waals surface area (Å²) in [5, 5.41) is 6.75. The summed E-state index contributed by atoms with van der Waals surface area (Å²) in [5.41, 5.74) is 1.62. The van der Waals surface area contributed by atoms with Gasteiger partial charge >= 0.3 is 0 Å². The Morgan fingerprint density at radius 1 is 1.38 bits per heavy atom. The third kappa shape index (κ3) is 2.66. The highest BCUT2D eigenvalue weighted by molar-refractivity contribution is 5.66. The molecule has 0 N–H and O–H groups in total. The van der Waals surface area contributed by atoms with Crippen molar-refractivity contribution in [1.29, 1.82) is 0 Å². The molecule has 0 aromatic heterocycles. The molecule has 0 aromatic carbocycles. The van der Waals surface area contributed by atoms with Gasteiger partial charge in [-0.2, -0.15) is 5.10 Å². The van der Waals surface area contributed by atoms with Gasteiger partial charge in [0.1, 0.15) is 0 Å². The van der Waals surface area contributed by atoms with Gasteiger partial charge in [-0.3, -0.25) is 5.01 Å². The van der Waals surface area contributed by atoms with Crippen LogP contribution in [0.2, 0.25) is 0 Å². The number of rotatable bonds is 2. The van der Waals surface area contributed by atoms with Crippen LogP contribution >= 0.6 is 0 Å². The fraction of sp³-hybridized carbons (Fsp3) is 0.786. The summed E-state index contributed by atoms with van der Waals surface area (Å²) in [7, 11) is 0. The SMILES string of the molecule is CCC(C)N1C=C2CCCCCCC2C=N1. The third-order valence-electron chi connectivity index (χ3n) is 3.93. The van der Waals surface area contributed by atoms with Gasteiger partial charge in [-0.25, -0.2) is 0 Å². The van der Waals surface area contributed by atoms with Crippen LogP contribution in [0.5, 0.6) is 0 Å². The minimum atomic E-state index is 0.537. The van der Waals surface area contributed by atoms with Gasteiger partial charge in [0.25, 0.3) is 0 Å². The van der Waals surface area contributed by atoms with Crippen LogP contribution in [0.1, 0.15) is 58.8 Å². The Labute approximate surface area is 99.4 Å². The zero-order chi connectivity index (χ0) is 11.4. The third-order valence-corrected chi connectivity index (χ3v) is 3.93. The van der Waals surface area contributed by atoms with Gasteiger partial charge in [-0.1, -0.05) is 26.2 Å². The van der Waals surface area contributed by atoms with E-state index in [1.807, 2.05) is 0 Å². The maximum absolute atomic E-state index is 4.59. The van der Waals surface area contributed by atoms with Crippen molar-refractivity contribution < 1.29 is 0 Å². The van der Waals surface area contributed by atoms with Crippen LogP contribution in [-0.4, -0.2) is 17.3 Å². The maximum Gasteiger partial charge on any atom is 0.0488 e. The summed E-state index contributed by atoms with van der Waals surface area (Å²) in [6.07, 6.45) is 13.8. The van der Waals surface area contributed by atoms with E-state index in [1.165, 1.54) is 38.5 Å². The first-order valence-electron chi connectivity index (χ1n) is 6.84. The molecule has 0 aromatic rings. The predicted octanol–water partition coefficient (Wildman–Crippen LogP) is 3.94. The highest BCUT2D eigenvalue weighted by atomic mass is 15.5. The molecule has 1 fully saturated rings. The van der Waals surface area contributed by atoms with Crippen LogP contribution in [-0.2, 0) is 0 Å². The molecule has 1 saturated carbocycles. The Morgan fingerprint density at radius 2 is 2.19 bits per heavy atom. The standard InChI is InChI=1S/C14H24N2/c1-3-12(2)16-11-14-9-7-5-4-6-8-13(14)10-15-16/h10-13H,3-9H2,1-2H3. The molecule has 0 bridgehead atoms. The monoisotopic (exact) mass is 220 g/mol. The van der Waals surface area contributed by atoms with E-state index < -0.39 is 0 Å². The summed E-state index contributed by atoms with van der Waals surface area (Å²) >= 11 is 0. The van der Waals surface area contributed by atoms with Crippen molar-refractivity contribution in [3.63, 3.8) is 0 Å². The lowest BCUT2D eigenvalue weighted by Crippen LogP contribution is -2.28. The topological polar surface area (TPSA) is 15.6 Å². The number of fused-ring (bicyclic) bond motifs is 1. The number of hydrogen-bond acceptors (Lipinski definition) is 2. The van der Waals surface area contributed by atoms with Crippen molar-refractivity contribution in [2.24, 2.45) is 11.0 Å². The molecule has 2 rings (SSSR count). The lowest BCUT2D eigenvalue weighted by Gasteiger charge is -2.30. The number of hydrogen-bond donors (Lipinski definition) is 0. The molecule has 2 aliphatic rings. The van der Waals surface area contributed by atoms with E-state index in [-0.39, 0.29) is 0 Å². The van der Waals surface area contributed by atoms with Gasteiger partial charge in [0.05, 0.1) is 0 Å². The Kier molecular flexibility index (Phi) is 4.03. The lowest BCUT2D eigenvalue weighted by molar-refractivity contribution is 0.287. The molecule has 0 amide bonds. The van der Waals surface area contributed by atoms with E-state index in [0.717, 1.165) is 6.42 Å². The molecule has 1 heterocycles. The highest BCUT2D eigenvalue weighted by Gasteiger charge is 2.20. The quantitative estimate of drug-likeness (QED) is 0.688. The Bertz CT molecular complexity index is 280. The van der Waals surface area contributed by atoms with Crippen LogP contribution in [0.4, 0.5) is 0 Å². The van der Waals surface area contributed by atoms with Crippen molar-refractivity contribution in [3.8, 4) is 0 Å². The average molecular weight is 220 g/mol. The van der Waals surface area contributed by atoms with Gasteiger partial charge in [0.15, 0.2) is 0 Å². The van der Waals surface area contributed by atoms with Gasteiger partial charge in [-0.05, 0) is 38.2 Å². The fourth-order valence-electron chi connectivity index (χ4n) is 2.54. The Balaban J connectivity index is 2.06. The van der Waals surface area contributed by atoms with Crippen LogP contribution in [0, 0.1) is 5.92 Å². The van der Waals surface area contributed by atoms with Gasteiger partial charge < -0.3 is 0 Å². The summed E-state index contributed by atoms with van der Waals surface area (Å²) in [5.74, 6) is 0.639. The largest absolute Gasteiger partial charge is 0.270 e. The minimum absolute atomic E-state index is 0.537. The molecular formula is C14H24N2. The maximum atomic E-state index is 4.59. The normalized spacial score (nSPS) is 27.8. The second-order valence-electron chi connectivity index (χ2n) is 5.17. The second-order valence-corrected chi connectivity index (χ2v) is 5.17. The molecule has 2 unspecified atom stereocenters. The Hall–Kier alpha value is -0.790. The molecule has 90 valence electrons. The van der Waals surface area contributed by atoms with Crippen molar-refractivity contribution in [1.82, 2.24) is 5.01 Å². The minimum Gasteiger partial charge on any atom is -0.270 e. The highest BCUT2D eigenvalue weighted by Crippen LogP contribution is 2.29. The first kappa shape index (κ1) is 11.7. The molecule has 1 aliphatic carbocycles. The lowest BCUT2D eigenvalue weighted by atomic mass is 9.87. The van der Waals surface area contributed by atoms with E-state index >= 15 is 0 Å². The van der Waals surface area contributed by atoms with E-state index in [1.54, 1.807) is 5.57 Å². The van der Waals surface area contributed by atoms with Crippen molar-refractivity contribution in [2.75, 3.05) is 0 Å². The summed E-state index contributed by atoms with van der Waals surface area (Å²) in [6, 6.07) is 0.537. The second kappa shape index (κ2) is 5.51. The molecule has 2 atom stereocenters. The van der Waals surface area contributed by atoms with Crippen molar-refractivity contribution in [3.05, 3.63) is 11.8 Å². The summed E-state index contributed by atoms with van der Waals surface area (Å²) in [4.78, 5) is 0. The van der Waals surface area contributed by atoms with E-state index in [4.69, 9.17) is 0 Å².